The van der Waals surface area contributed by atoms with Crippen molar-refractivity contribution < 1.29 is 13.2 Å². The Labute approximate surface area is 160 Å². The second-order valence-corrected chi connectivity index (χ2v) is 9.58. The van der Waals surface area contributed by atoms with E-state index < -0.39 is 9.84 Å². The van der Waals surface area contributed by atoms with E-state index in [1.54, 1.807) is 18.2 Å². The molecular weight excluding hydrogens is 390 g/mol. The van der Waals surface area contributed by atoms with Crippen molar-refractivity contribution in [2.45, 2.75) is 17.6 Å². The number of nitrogens with one attached hydrogen (secondary N) is 1. The number of thiophene rings is 1. The van der Waals surface area contributed by atoms with Crippen molar-refractivity contribution in [3.8, 4) is 10.4 Å². The molecule has 1 amide bonds. The van der Waals surface area contributed by atoms with E-state index in [4.69, 9.17) is 11.6 Å². The van der Waals surface area contributed by atoms with E-state index in [0.29, 0.717) is 21.0 Å². The Kier molecular flexibility index (Phi) is 4.14. The van der Waals surface area contributed by atoms with Crippen molar-refractivity contribution in [2.75, 3.05) is 5.32 Å². The van der Waals surface area contributed by atoms with Gasteiger partial charge in [0, 0.05) is 21.2 Å². The van der Waals surface area contributed by atoms with Crippen LogP contribution < -0.4 is 5.32 Å². The molecule has 0 unspecified atom stereocenters. The maximum absolute atomic E-state index is 12.6. The van der Waals surface area contributed by atoms with Crippen molar-refractivity contribution in [1.29, 1.82) is 0 Å². The molecule has 4 rings (SSSR count). The largest absolute Gasteiger partial charge is 0.321 e. The second-order valence-electron chi connectivity index (χ2n) is 6.13. The summed E-state index contributed by atoms with van der Waals surface area (Å²) in [6.07, 6.45) is 0. The summed E-state index contributed by atoms with van der Waals surface area (Å²) < 4.78 is 25.1. The van der Waals surface area contributed by atoms with E-state index in [9.17, 15) is 13.2 Å². The lowest BCUT2D eigenvalue weighted by Crippen LogP contribution is -2.12. The molecule has 2 heterocycles. The highest BCUT2D eigenvalue weighted by molar-refractivity contribution is 7.91. The van der Waals surface area contributed by atoms with Crippen molar-refractivity contribution in [3.05, 3.63) is 69.6 Å². The van der Waals surface area contributed by atoms with Crippen LogP contribution in [0.3, 0.4) is 0 Å². The lowest BCUT2D eigenvalue weighted by molar-refractivity contribution is 0.103. The lowest BCUT2D eigenvalue weighted by Gasteiger charge is -2.16. The molecule has 2 aromatic carbocycles. The Hall–Kier alpha value is -2.15. The molecule has 0 atom stereocenters. The molecule has 0 fully saturated rings. The molecule has 0 radical (unpaired) electrons. The second kappa shape index (κ2) is 6.23. The minimum Gasteiger partial charge on any atom is -0.321 e. The van der Waals surface area contributed by atoms with Gasteiger partial charge in [0.25, 0.3) is 5.91 Å². The van der Waals surface area contributed by atoms with Gasteiger partial charge < -0.3 is 5.32 Å². The number of aryl methyl sites for hydroxylation is 1. The summed E-state index contributed by atoms with van der Waals surface area (Å²) in [5.74, 6) is -0.365. The number of fused-ring (bicyclic) bond motifs is 3. The smallest absolute Gasteiger partial charge is 0.265 e. The molecule has 1 aliphatic heterocycles. The van der Waals surface area contributed by atoms with Gasteiger partial charge in [0.15, 0.2) is 9.84 Å². The zero-order valence-corrected chi connectivity index (χ0v) is 16.1. The normalized spacial score (nSPS) is 14.4. The van der Waals surface area contributed by atoms with Crippen molar-refractivity contribution in [2.24, 2.45) is 0 Å². The SMILES string of the molecule is Cc1ccccc1NC(=O)c1cc2c(s1)-c1ccc(Cl)cc1S(=O)(=O)C2. The summed E-state index contributed by atoms with van der Waals surface area (Å²) in [5.41, 5.74) is 2.96. The highest BCUT2D eigenvalue weighted by Crippen LogP contribution is 2.43. The minimum atomic E-state index is -3.47. The Morgan fingerprint density at radius 1 is 1.15 bits per heavy atom. The summed E-state index contributed by atoms with van der Waals surface area (Å²) in [7, 11) is -3.47. The molecule has 3 aromatic rings. The summed E-state index contributed by atoms with van der Waals surface area (Å²) in [5, 5.41) is 3.27. The summed E-state index contributed by atoms with van der Waals surface area (Å²) in [6.45, 7) is 1.92. The van der Waals surface area contributed by atoms with E-state index in [0.717, 1.165) is 16.1 Å². The van der Waals surface area contributed by atoms with Crippen LogP contribution in [0, 0.1) is 6.92 Å². The number of carbonyl (C=O) groups is 1. The van der Waals surface area contributed by atoms with Gasteiger partial charge in [-0.2, -0.15) is 0 Å². The molecule has 0 saturated heterocycles. The average Bonchev–Trinajstić information content (AvgIpc) is 3.00. The number of benzene rings is 2. The Bertz CT molecular complexity index is 1150. The summed E-state index contributed by atoms with van der Waals surface area (Å²) in [4.78, 5) is 14.2. The van der Waals surface area contributed by atoms with Gasteiger partial charge in [-0.25, -0.2) is 8.42 Å². The molecule has 0 saturated carbocycles. The molecular formula is C19H14ClNO3S2. The van der Waals surface area contributed by atoms with Crippen molar-refractivity contribution >= 4 is 44.4 Å². The highest BCUT2D eigenvalue weighted by atomic mass is 35.5. The number of anilines is 1. The number of sulfone groups is 1. The van der Waals surface area contributed by atoms with Gasteiger partial charge in [0.2, 0.25) is 0 Å². The highest BCUT2D eigenvalue weighted by Gasteiger charge is 2.31. The Morgan fingerprint density at radius 2 is 1.92 bits per heavy atom. The third-order valence-corrected chi connectivity index (χ3v) is 7.44. The maximum Gasteiger partial charge on any atom is 0.265 e. The molecule has 7 heteroatoms. The number of para-hydroxylation sites is 1. The molecule has 132 valence electrons. The van der Waals surface area contributed by atoms with Crippen LogP contribution in [0.4, 0.5) is 5.69 Å². The van der Waals surface area contributed by atoms with Gasteiger partial charge >= 0.3 is 0 Å². The third-order valence-electron chi connectivity index (χ3n) is 4.29. The van der Waals surface area contributed by atoms with Crippen molar-refractivity contribution in [1.82, 2.24) is 0 Å². The minimum absolute atomic E-state index is 0.121. The molecule has 0 bridgehead atoms. The Balaban J connectivity index is 1.75. The number of carbonyl (C=O) groups excluding carboxylic acids is 1. The van der Waals surface area contributed by atoms with E-state index >= 15 is 0 Å². The van der Waals surface area contributed by atoms with Gasteiger partial charge in [0.1, 0.15) is 0 Å². The Morgan fingerprint density at radius 3 is 2.69 bits per heavy atom. The van der Waals surface area contributed by atoms with Gasteiger partial charge in [-0.15, -0.1) is 11.3 Å². The lowest BCUT2D eigenvalue weighted by atomic mass is 10.1. The monoisotopic (exact) mass is 403 g/mol. The first kappa shape index (κ1) is 17.3. The van der Waals surface area contributed by atoms with Crippen LogP contribution in [0.25, 0.3) is 10.4 Å². The molecule has 1 aromatic heterocycles. The fraction of sp³-hybridized carbons (Fsp3) is 0.105. The van der Waals surface area contributed by atoms with Gasteiger partial charge in [-0.1, -0.05) is 35.9 Å². The first-order chi connectivity index (χ1) is 12.3. The number of hydrogen-bond donors (Lipinski definition) is 1. The van der Waals surface area contributed by atoms with Crippen LogP contribution in [0.15, 0.2) is 53.4 Å². The first-order valence-corrected chi connectivity index (χ1v) is 10.7. The van der Waals surface area contributed by atoms with E-state index in [-0.39, 0.29) is 16.6 Å². The molecule has 0 spiro atoms. The zero-order chi connectivity index (χ0) is 18.5. The van der Waals surface area contributed by atoms with Crippen LogP contribution in [0.2, 0.25) is 5.02 Å². The predicted octanol–water partition coefficient (Wildman–Crippen LogP) is 4.92. The number of hydrogen-bond acceptors (Lipinski definition) is 4. The van der Waals surface area contributed by atoms with Gasteiger partial charge in [0.05, 0.1) is 15.5 Å². The van der Waals surface area contributed by atoms with E-state index in [1.165, 1.54) is 17.4 Å². The van der Waals surface area contributed by atoms with Gasteiger partial charge in [-0.3, -0.25) is 4.79 Å². The predicted molar refractivity (Wildman–Crippen MR) is 105 cm³/mol. The first-order valence-electron chi connectivity index (χ1n) is 7.87. The molecule has 1 aliphatic rings. The van der Waals surface area contributed by atoms with Crippen LogP contribution in [-0.2, 0) is 15.6 Å². The number of amides is 1. The standard InChI is InChI=1S/C19H14ClNO3S2/c1-11-4-2-3-5-15(11)21-19(22)16-8-12-10-26(23,24)17-9-13(20)6-7-14(17)18(12)25-16/h2-9H,10H2,1H3,(H,21,22). The molecule has 0 aliphatic carbocycles. The van der Waals surface area contributed by atoms with E-state index in [2.05, 4.69) is 5.32 Å². The van der Waals surface area contributed by atoms with E-state index in [1.807, 2.05) is 31.2 Å². The third kappa shape index (κ3) is 2.94. The fourth-order valence-corrected chi connectivity index (χ4v) is 6.11. The van der Waals surface area contributed by atoms with Crippen LogP contribution >= 0.6 is 22.9 Å². The van der Waals surface area contributed by atoms with Crippen molar-refractivity contribution in [3.63, 3.8) is 0 Å². The molecule has 4 nitrogen and oxygen atoms in total. The van der Waals surface area contributed by atoms with Gasteiger partial charge in [-0.05, 0) is 42.3 Å². The van der Waals surface area contributed by atoms with Crippen LogP contribution in [0.5, 0.6) is 0 Å². The van der Waals surface area contributed by atoms with Crippen LogP contribution in [-0.4, -0.2) is 14.3 Å². The zero-order valence-electron chi connectivity index (χ0n) is 13.7. The molecule has 1 N–H and O–H groups in total. The van der Waals surface area contributed by atoms with Crippen LogP contribution in [0.1, 0.15) is 20.8 Å². The average molecular weight is 404 g/mol. The maximum atomic E-state index is 12.6. The topological polar surface area (TPSA) is 63.2 Å². The quantitative estimate of drug-likeness (QED) is 0.660. The number of rotatable bonds is 2. The molecule has 26 heavy (non-hydrogen) atoms. The summed E-state index contributed by atoms with van der Waals surface area (Å²) >= 11 is 7.26. The number of halogens is 1. The summed E-state index contributed by atoms with van der Waals surface area (Å²) in [6, 6.07) is 14.0. The fourth-order valence-electron chi connectivity index (χ4n) is 3.00.